The Morgan fingerprint density at radius 3 is 2.69 bits per heavy atom. The van der Waals surface area contributed by atoms with Gasteiger partial charge in [0, 0.05) is 25.4 Å². The Kier molecular flexibility index (Phi) is 7.47. The number of nitrogens with zero attached hydrogens (tertiary/aromatic N) is 2. The van der Waals surface area contributed by atoms with Crippen LogP contribution in [0.5, 0.6) is 5.75 Å². The van der Waals surface area contributed by atoms with Crippen LogP contribution >= 0.6 is 0 Å². The van der Waals surface area contributed by atoms with E-state index in [0.717, 1.165) is 0 Å². The van der Waals surface area contributed by atoms with Crippen molar-refractivity contribution < 1.29 is 33.7 Å². The topological polar surface area (TPSA) is 106 Å². The van der Waals surface area contributed by atoms with E-state index in [1.165, 1.54) is 0 Å². The average molecular weight is 487 g/mol. The molecule has 1 N–H and O–H groups in total. The Labute approximate surface area is 205 Å². The van der Waals surface area contributed by atoms with Crippen LogP contribution in [0.2, 0.25) is 0 Å². The van der Waals surface area contributed by atoms with Crippen LogP contribution in [-0.4, -0.2) is 79.0 Å². The molecule has 190 valence electrons. The minimum Gasteiger partial charge on any atom is -0.497 e. The van der Waals surface area contributed by atoms with Crippen LogP contribution in [-0.2, 0) is 23.9 Å². The first-order chi connectivity index (χ1) is 16.9. The monoisotopic (exact) mass is 486 g/mol. The number of esters is 1. The van der Waals surface area contributed by atoms with Gasteiger partial charge in [0.1, 0.15) is 17.4 Å². The second kappa shape index (κ2) is 10.4. The zero-order valence-corrected chi connectivity index (χ0v) is 20.4. The van der Waals surface area contributed by atoms with Crippen molar-refractivity contribution in [3.63, 3.8) is 0 Å². The van der Waals surface area contributed by atoms with Crippen molar-refractivity contribution in [3.8, 4) is 5.75 Å². The van der Waals surface area contributed by atoms with Crippen molar-refractivity contribution in [3.05, 3.63) is 36.9 Å². The number of carbonyl (C=O) groups excluding carboxylic acids is 3. The second-order valence-corrected chi connectivity index (χ2v) is 9.21. The molecule has 3 heterocycles. The van der Waals surface area contributed by atoms with Crippen molar-refractivity contribution in [2.45, 2.75) is 50.4 Å². The number of hydrogen-bond donors (Lipinski definition) is 1. The summed E-state index contributed by atoms with van der Waals surface area (Å²) in [6, 6.07) is 6.23. The summed E-state index contributed by atoms with van der Waals surface area (Å²) in [5, 5.41) is 9.28. The van der Waals surface area contributed by atoms with Crippen LogP contribution in [0.25, 0.3) is 0 Å². The lowest BCUT2D eigenvalue weighted by Gasteiger charge is -2.36. The number of aliphatic hydroxyl groups excluding tert-OH is 1. The molecule has 0 saturated carbocycles. The molecule has 2 bridgehead atoms. The molecule has 35 heavy (non-hydrogen) atoms. The number of fused-ring (bicyclic) bond motifs is 1. The van der Waals surface area contributed by atoms with Gasteiger partial charge in [-0.3, -0.25) is 14.4 Å². The van der Waals surface area contributed by atoms with Gasteiger partial charge in [-0.2, -0.15) is 0 Å². The Hall–Kier alpha value is -2.91. The van der Waals surface area contributed by atoms with E-state index in [-0.39, 0.29) is 31.6 Å². The van der Waals surface area contributed by atoms with Gasteiger partial charge in [-0.1, -0.05) is 6.08 Å². The highest BCUT2D eigenvalue weighted by Crippen LogP contribution is 2.59. The van der Waals surface area contributed by atoms with E-state index in [4.69, 9.17) is 14.2 Å². The van der Waals surface area contributed by atoms with Gasteiger partial charge in [0.2, 0.25) is 5.91 Å². The standard InChI is InChI=1S/C26H34N2O7/c1-4-14-27(17-8-10-18(33-3)11-9-17)24(31)22-26-13-12-19(35-26)20(25(32)34-5-2)21(26)23(30)28(22)15-6-7-16-29/h4,8-11,19-22,29H,1,5-7,12-16H2,2-3H3/t19-,20+,21+,22?,26?/m1/s1. The SMILES string of the molecule is C=CCN(C(=O)C1N(CCCCO)C(=O)[C@@H]2[C@@H](C(=O)OCC)[C@H]3CCC12O3)c1ccc(OC)cc1. The number of ether oxygens (including phenoxy) is 3. The molecule has 3 fully saturated rings. The van der Waals surface area contributed by atoms with E-state index in [0.29, 0.717) is 43.7 Å². The molecule has 3 aliphatic heterocycles. The van der Waals surface area contributed by atoms with Gasteiger partial charge in [-0.05, 0) is 56.9 Å². The molecule has 0 aliphatic carbocycles. The fourth-order valence-corrected chi connectivity index (χ4v) is 5.93. The van der Waals surface area contributed by atoms with E-state index >= 15 is 0 Å². The highest BCUT2D eigenvalue weighted by Gasteiger charge is 2.75. The van der Waals surface area contributed by atoms with Crippen LogP contribution in [0.1, 0.15) is 32.6 Å². The van der Waals surface area contributed by atoms with Crippen LogP contribution in [0.4, 0.5) is 5.69 Å². The predicted octanol–water partition coefficient (Wildman–Crippen LogP) is 1.92. The van der Waals surface area contributed by atoms with Crippen LogP contribution in [0.3, 0.4) is 0 Å². The first-order valence-corrected chi connectivity index (χ1v) is 12.3. The quantitative estimate of drug-likeness (QED) is 0.289. The lowest BCUT2D eigenvalue weighted by molar-refractivity contribution is -0.154. The fourth-order valence-electron chi connectivity index (χ4n) is 5.93. The number of unbranched alkanes of at least 4 members (excludes halogenated alkanes) is 1. The van der Waals surface area contributed by atoms with Gasteiger partial charge in [-0.25, -0.2) is 0 Å². The van der Waals surface area contributed by atoms with Gasteiger partial charge in [0.25, 0.3) is 5.91 Å². The Bertz CT molecular complexity index is 965. The molecule has 1 spiro atoms. The number of methoxy groups -OCH3 is 1. The summed E-state index contributed by atoms with van der Waals surface area (Å²) in [6.07, 6.45) is 3.34. The van der Waals surface area contributed by atoms with E-state index in [1.54, 1.807) is 54.2 Å². The van der Waals surface area contributed by atoms with Gasteiger partial charge >= 0.3 is 5.97 Å². The third-order valence-electron chi connectivity index (χ3n) is 7.36. The Balaban J connectivity index is 1.73. The van der Waals surface area contributed by atoms with Crippen molar-refractivity contribution in [2.24, 2.45) is 11.8 Å². The first kappa shape index (κ1) is 25.2. The normalized spacial score (nSPS) is 28.7. The lowest BCUT2D eigenvalue weighted by atomic mass is 9.70. The maximum atomic E-state index is 14.2. The summed E-state index contributed by atoms with van der Waals surface area (Å²) < 4.78 is 16.9. The molecule has 5 atom stereocenters. The highest BCUT2D eigenvalue weighted by atomic mass is 16.6. The Morgan fingerprint density at radius 1 is 1.31 bits per heavy atom. The molecule has 1 aromatic rings. The summed E-state index contributed by atoms with van der Waals surface area (Å²) in [7, 11) is 1.57. The van der Waals surface area contributed by atoms with Crippen molar-refractivity contribution in [1.29, 1.82) is 0 Å². The number of amides is 2. The smallest absolute Gasteiger partial charge is 0.312 e. The van der Waals surface area contributed by atoms with Crippen LogP contribution in [0, 0.1) is 11.8 Å². The van der Waals surface area contributed by atoms with Gasteiger partial charge < -0.3 is 29.1 Å². The minimum atomic E-state index is -1.08. The zero-order valence-electron chi connectivity index (χ0n) is 20.4. The molecule has 0 radical (unpaired) electrons. The lowest BCUT2D eigenvalue weighted by Crippen LogP contribution is -2.56. The number of benzene rings is 1. The second-order valence-electron chi connectivity index (χ2n) is 9.21. The van der Waals surface area contributed by atoms with Gasteiger partial charge in [-0.15, -0.1) is 6.58 Å². The molecular weight excluding hydrogens is 452 g/mol. The van der Waals surface area contributed by atoms with E-state index < -0.39 is 35.6 Å². The van der Waals surface area contributed by atoms with E-state index in [9.17, 15) is 19.5 Å². The highest BCUT2D eigenvalue weighted by molar-refractivity contribution is 6.04. The van der Waals surface area contributed by atoms with Crippen molar-refractivity contribution in [2.75, 3.05) is 38.3 Å². The summed E-state index contributed by atoms with van der Waals surface area (Å²) >= 11 is 0. The average Bonchev–Trinajstić information content (AvgIpc) is 3.50. The molecule has 3 saturated heterocycles. The van der Waals surface area contributed by atoms with E-state index in [1.807, 2.05) is 0 Å². The minimum absolute atomic E-state index is 0.00627. The molecule has 9 nitrogen and oxygen atoms in total. The number of rotatable bonds is 11. The number of anilines is 1. The number of hydrogen-bond acceptors (Lipinski definition) is 7. The summed E-state index contributed by atoms with van der Waals surface area (Å²) in [6.45, 7) is 6.28. The van der Waals surface area contributed by atoms with E-state index in [2.05, 4.69) is 6.58 Å². The molecule has 0 aromatic heterocycles. The third-order valence-corrected chi connectivity index (χ3v) is 7.36. The van der Waals surface area contributed by atoms with Crippen molar-refractivity contribution >= 4 is 23.5 Å². The molecule has 9 heteroatoms. The third kappa shape index (κ3) is 4.21. The summed E-state index contributed by atoms with van der Waals surface area (Å²) in [4.78, 5) is 44.0. The molecular formula is C26H34N2O7. The molecule has 1 aromatic carbocycles. The largest absolute Gasteiger partial charge is 0.497 e. The number of likely N-dealkylation sites (tertiary alicyclic amines) is 1. The first-order valence-electron chi connectivity index (χ1n) is 12.3. The Morgan fingerprint density at radius 2 is 2.06 bits per heavy atom. The molecule has 2 unspecified atom stereocenters. The van der Waals surface area contributed by atoms with Crippen LogP contribution < -0.4 is 9.64 Å². The maximum Gasteiger partial charge on any atom is 0.312 e. The molecule has 2 amide bonds. The maximum absolute atomic E-state index is 14.2. The van der Waals surface area contributed by atoms with Gasteiger partial charge in [0.05, 0.1) is 31.7 Å². The van der Waals surface area contributed by atoms with Crippen LogP contribution in [0.15, 0.2) is 36.9 Å². The summed E-state index contributed by atoms with van der Waals surface area (Å²) in [5.74, 6) is -1.79. The number of aliphatic hydroxyl groups is 1. The van der Waals surface area contributed by atoms with Crippen molar-refractivity contribution in [1.82, 2.24) is 4.90 Å². The fraction of sp³-hybridized carbons (Fsp3) is 0.577. The van der Waals surface area contributed by atoms with Gasteiger partial charge in [0.15, 0.2) is 0 Å². The predicted molar refractivity (Wildman–Crippen MR) is 128 cm³/mol. The molecule has 3 aliphatic rings. The summed E-state index contributed by atoms with van der Waals surface area (Å²) in [5.41, 5.74) is -0.436. The molecule has 4 rings (SSSR count). The zero-order chi connectivity index (χ0) is 25.2. The number of carbonyl (C=O) groups is 3.